The Hall–Kier alpha value is -4.10. The van der Waals surface area contributed by atoms with Gasteiger partial charge in [-0.25, -0.2) is 0 Å². The van der Waals surface area contributed by atoms with Crippen LogP contribution in [0.1, 0.15) is 80.0 Å². The zero-order valence-corrected chi connectivity index (χ0v) is 30.4. The summed E-state index contributed by atoms with van der Waals surface area (Å²) in [6.07, 6.45) is 3.79. The molecule has 1 aliphatic carbocycles. The topological polar surface area (TPSA) is 171 Å². The minimum absolute atomic E-state index is 0.0361. The first kappa shape index (κ1) is 38.7. The molecule has 0 bridgehead atoms. The Morgan fingerprint density at radius 3 is 2.34 bits per heavy atom. The molecule has 12 nitrogen and oxygen atoms in total. The molecule has 8 unspecified atom stereocenters. The number of methoxy groups -OCH3 is 2. The molecule has 50 heavy (non-hydrogen) atoms. The van der Waals surface area contributed by atoms with Crippen LogP contribution in [0.5, 0.6) is 5.75 Å². The number of phenols is 1. The largest absolute Gasteiger partial charge is 0.507 e. The van der Waals surface area contributed by atoms with E-state index in [1.807, 2.05) is 27.7 Å². The van der Waals surface area contributed by atoms with Crippen molar-refractivity contribution < 1.29 is 52.8 Å². The zero-order chi connectivity index (χ0) is 37.2. The van der Waals surface area contributed by atoms with Crippen LogP contribution in [-0.2, 0) is 28.5 Å². The second-order valence-electron chi connectivity index (χ2n) is 13.5. The Bertz CT molecular complexity index is 1730. The van der Waals surface area contributed by atoms with Crippen LogP contribution in [0.3, 0.4) is 0 Å². The molecule has 0 radical (unpaired) electrons. The Morgan fingerprint density at radius 1 is 1.06 bits per heavy atom. The molecule has 1 amide bonds. The molecule has 1 fully saturated rings. The molecular formula is C38H49NO11. The molecule has 12 heteroatoms. The molecule has 272 valence electrons. The van der Waals surface area contributed by atoms with Crippen molar-refractivity contribution >= 4 is 34.4 Å². The molecule has 2 aromatic rings. The fraction of sp³-hybridized carbons (Fsp3) is 0.526. The number of aliphatic hydroxyl groups excluding tert-OH is 1. The number of nitrogens with one attached hydrogen (secondary N) is 1. The van der Waals surface area contributed by atoms with Gasteiger partial charge < -0.3 is 38.9 Å². The third-order valence-electron chi connectivity index (χ3n) is 9.99. The quantitative estimate of drug-likeness (QED) is 0.115. The first-order valence-electron chi connectivity index (χ1n) is 16.8. The van der Waals surface area contributed by atoms with Gasteiger partial charge in [-0.15, -0.1) is 0 Å². The summed E-state index contributed by atoms with van der Waals surface area (Å²) in [5.41, 5.74) is 0.495. The monoisotopic (exact) mass is 695 g/mol. The summed E-state index contributed by atoms with van der Waals surface area (Å²) in [5, 5.41) is 25.2. The van der Waals surface area contributed by atoms with E-state index in [2.05, 4.69) is 5.32 Å². The number of aliphatic hydroxyl groups is 1. The lowest BCUT2D eigenvalue weighted by Crippen LogP contribution is -2.55. The van der Waals surface area contributed by atoms with Gasteiger partial charge in [0.15, 0.2) is 12.1 Å². The van der Waals surface area contributed by atoms with E-state index in [9.17, 15) is 29.4 Å². The van der Waals surface area contributed by atoms with E-state index in [0.29, 0.717) is 28.7 Å². The van der Waals surface area contributed by atoms with Crippen LogP contribution in [0, 0.1) is 37.5 Å². The van der Waals surface area contributed by atoms with Gasteiger partial charge in [0, 0.05) is 79.4 Å². The number of hydrogen-bond acceptors (Lipinski definition) is 11. The van der Waals surface area contributed by atoms with Gasteiger partial charge in [0.2, 0.25) is 5.78 Å². The molecule has 0 spiro atoms. The molecule has 1 aromatic carbocycles. The minimum atomic E-state index is -0.855. The highest BCUT2D eigenvalue weighted by Crippen LogP contribution is 2.41. The molecule has 1 aliphatic heterocycles. The number of carbonyl (C=O) groups excluding carboxylic acids is 4. The first-order valence-corrected chi connectivity index (χ1v) is 16.8. The van der Waals surface area contributed by atoms with E-state index in [1.165, 1.54) is 13.0 Å². The summed E-state index contributed by atoms with van der Waals surface area (Å²) in [7, 11) is 3.09. The van der Waals surface area contributed by atoms with Crippen molar-refractivity contribution in [3.05, 3.63) is 64.1 Å². The van der Waals surface area contributed by atoms with Gasteiger partial charge in [-0.3, -0.25) is 19.2 Å². The van der Waals surface area contributed by atoms with E-state index in [0.717, 1.165) is 6.08 Å². The van der Waals surface area contributed by atoms with Crippen molar-refractivity contribution in [1.82, 2.24) is 5.32 Å². The summed E-state index contributed by atoms with van der Waals surface area (Å²) < 4.78 is 28.7. The molecule has 1 aromatic heterocycles. The van der Waals surface area contributed by atoms with E-state index in [1.54, 1.807) is 53.2 Å². The molecule has 3 N–H and O–H groups in total. The summed E-state index contributed by atoms with van der Waals surface area (Å²) in [6, 6.07) is 1.64. The number of rotatable bonds is 12. The lowest BCUT2D eigenvalue weighted by molar-refractivity contribution is -0.223. The van der Waals surface area contributed by atoms with Gasteiger partial charge in [-0.05, 0) is 26.8 Å². The number of Topliss-reactive ketones (excluding diaryl/α,β-unsaturated/α-hetero) is 1. The Kier molecular flexibility index (Phi) is 12.3. The van der Waals surface area contributed by atoms with Crippen molar-refractivity contribution in [3.63, 3.8) is 0 Å². The number of furan rings is 1. The molecule has 8 atom stereocenters. The van der Waals surface area contributed by atoms with Crippen molar-refractivity contribution in [3.8, 4) is 5.75 Å². The molecule has 2 aliphatic rings. The average molecular weight is 696 g/mol. The van der Waals surface area contributed by atoms with Crippen LogP contribution in [0.25, 0.3) is 11.0 Å². The number of hydrogen-bond donors (Lipinski definition) is 3. The molecule has 1 saturated heterocycles. The number of amides is 1. The standard InChI is InChI=1S/C38H49NO11/c1-17(32(42)21(5)36-23(7)35(49-24(8)40)20(4)28(50-36)16-29(46-9)47-10)12-11-13-18(2)38(45)39-26-15-27(41)30-25-14-19(3)48-37(25)22(6)33(43)31(30)34(26)44/h11-15,17,20-21,23,28-29,32,35-36,42-43H,16H2,1-10H3,(H,39,45)/b12-11+,18-13+. The Morgan fingerprint density at radius 2 is 1.72 bits per heavy atom. The number of ether oxygens (including phenoxy) is 4. The first-order chi connectivity index (χ1) is 23.5. The maximum Gasteiger partial charge on any atom is 0.302 e. The summed E-state index contributed by atoms with van der Waals surface area (Å²) in [5.74, 6) is -3.16. The lowest BCUT2D eigenvalue weighted by atomic mass is 9.75. The summed E-state index contributed by atoms with van der Waals surface area (Å²) >= 11 is 0. The fourth-order valence-corrected chi connectivity index (χ4v) is 7.04. The maximum atomic E-state index is 13.4. The number of fused-ring (bicyclic) bond motifs is 3. The van der Waals surface area contributed by atoms with Crippen LogP contribution < -0.4 is 5.32 Å². The van der Waals surface area contributed by atoms with Crippen molar-refractivity contribution in [2.45, 2.75) is 92.5 Å². The number of esters is 1. The molecule has 0 saturated carbocycles. The number of benzene rings is 1. The smallest absolute Gasteiger partial charge is 0.302 e. The van der Waals surface area contributed by atoms with E-state index in [-0.39, 0.29) is 57.9 Å². The summed E-state index contributed by atoms with van der Waals surface area (Å²) in [4.78, 5) is 51.6. The molecule has 4 rings (SSSR count). The van der Waals surface area contributed by atoms with Crippen molar-refractivity contribution in [1.29, 1.82) is 0 Å². The predicted molar refractivity (Wildman–Crippen MR) is 184 cm³/mol. The number of carbonyl (C=O) groups is 4. The maximum absolute atomic E-state index is 13.4. The van der Waals surface area contributed by atoms with Crippen LogP contribution in [0.2, 0.25) is 0 Å². The second-order valence-corrected chi connectivity index (χ2v) is 13.5. The van der Waals surface area contributed by atoms with E-state index >= 15 is 0 Å². The number of phenolic OH excluding ortho intramolecular Hbond substituents is 1. The SMILES string of the molecule is COC(CC1OC(C(C)C(O)C(C)/C=C/C=C(\C)C(=O)NC2=CC(=O)c3c(c(O)c(C)c4oc(C)cc34)C2=O)C(C)C(OC(C)=O)C1C)OC. The van der Waals surface area contributed by atoms with Crippen LogP contribution >= 0.6 is 0 Å². The minimum Gasteiger partial charge on any atom is -0.507 e. The lowest BCUT2D eigenvalue weighted by Gasteiger charge is -2.47. The van der Waals surface area contributed by atoms with Gasteiger partial charge in [0.25, 0.3) is 5.91 Å². The molecular weight excluding hydrogens is 646 g/mol. The average Bonchev–Trinajstić information content (AvgIpc) is 3.46. The van der Waals surface area contributed by atoms with Gasteiger partial charge in [0.05, 0.1) is 29.6 Å². The third-order valence-corrected chi connectivity index (χ3v) is 9.99. The number of aryl methyl sites for hydroxylation is 2. The highest BCUT2D eigenvalue weighted by molar-refractivity contribution is 6.30. The number of ketones is 2. The van der Waals surface area contributed by atoms with Gasteiger partial charge in [-0.1, -0.05) is 45.9 Å². The van der Waals surface area contributed by atoms with Crippen LogP contribution in [-0.4, -0.2) is 78.6 Å². The second kappa shape index (κ2) is 15.8. The van der Waals surface area contributed by atoms with Crippen LogP contribution in [0.4, 0.5) is 0 Å². The van der Waals surface area contributed by atoms with Gasteiger partial charge in [-0.2, -0.15) is 0 Å². The van der Waals surface area contributed by atoms with Gasteiger partial charge >= 0.3 is 5.97 Å². The Labute approximate surface area is 292 Å². The van der Waals surface area contributed by atoms with E-state index < -0.39 is 48.0 Å². The van der Waals surface area contributed by atoms with Crippen molar-refractivity contribution in [2.24, 2.45) is 23.7 Å². The zero-order valence-electron chi connectivity index (χ0n) is 30.4. The van der Waals surface area contributed by atoms with Crippen molar-refractivity contribution in [2.75, 3.05) is 14.2 Å². The highest BCUT2D eigenvalue weighted by atomic mass is 16.7. The van der Waals surface area contributed by atoms with E-state index in [4.69, 9.17) is 23.4 Å². The molecule has 2 heterocycles. The number of allylic oxidation sites excluding steroid dienone is 4. The fourth-order valence-electron chi connectivity index (χ4n) is 7.04. The predicted octanol–water partition coefficient (Wildman–Crippen LogP) is 5.25. The van der Waals surface area contributed by atoms with Gasteiger partial charge in [0.1, 0.15) is 23.2 Å². The highest BCUT2D eigenvalue weighted by Gasteiger charge is 2.47. The Balaban J connectivity index is 1.45. The normalized spacial score (nSPS) is 24.7. The number of aromatic hydroxyl groups is 1. The van der Waals surface area contributed by atoms with Crippen LogP contribution in [0.15, 0.2) is 46.1 Å². The third kappa shape index (κ3) is 7.78. The summed E-state index contributed by atoms with van der Waals surface area (Å²) in [6.45, 7) is 13.9.